The number of benzene rings is 1. The number of nitrogens with zero attached hydrogens (tertiary/aromatic N) is 2. The van der Waals surface area contributed by atoms with E-state index in [0.717, 1.165) is 12.1 Å². The van der Waals surface area contributed by atoms with E-state index in [9.17, 15) is 18.4 Å². The van der Waals surface area contributed by atoms with Gasteiger partial charge >= 0.3 is 0 Å². The van der Waals surface area contributed by atoms with Gasteiger partial charge in [-0.1, -0.05) is 12.7 Å². The Kier molecular flexibility index (Phi) is 7.44. The van der Waals surface area contributed by atoms with Crippen molar-refractivity contribution in [2.24, 2.45) is 5.73 Å². The number of rotatable bonds is 7. The van der Waals surface area contributed by atoms with Crippen LogP contribution in [0, 0.1) is 18.6 Å². The third-order valence-corrected chi connectivity index (χ3v) is 4.92. The van der Waals surface area contributed by atoms with Gasteiger partial charge < -0.3 is 10.5 Å². The molecule has 2 aromatic rings. The minimum Gasteiger partial charge on any atom is -0.472 e. The molecule has 2 rings (SSSR count). The van der Waals surface area contributed by atoms with E-state index in [-0.39, 0.29) is 33.9 Å². The lowest BCUT2D eigenvalue weighted by molar-refractivity contribution is -0.114. The average molecular weight is 480 g/mol. The maximum Gasteiger partial charge on any atom is 0.276 e. The van der Waals surface area contributed by atoms with Crippen LogP contribution in [-0.4, -0.2) is 15.5 Å². The molecule has 0 aliphatic carbocycles. The van der Waals surface area contributed by atoms with Crippen molar-refractivity contribution in [1.29, 1.82) is 0 Å². The van der Waals surface area contributed by atoms with Gasteiger partial charge in [-0.05, 0) is 60.5 Å². The highest BCUT2D eigenvalue weighted by Crippen LogP contribution is 2.24. The summed E-state index contributed by atoms with van der Waals surface area (Å²) in [7, 11) is 0. The number of halogens is 3. The second-order valence-corrected chi connectivity index (χ2v) is 7.20. The van der Waals surface area contributed by atoms with Gasteiger partial charge in [-0.15, -0.1) is 0 Å². The fourth-order valence-corrected chi connectivity index (χ4v) is 2.86. The summed E-state index contributed by atoms with van der Waals surface area (Å²) in [5.74, 6) is -1.91. The van der Waals surface area contributed by atoms with Crippen molar-refractivity contribution in [3.8, 4) is 5.88 Å². The largest absolute Gasteiger partial charge is 0.472 e. The van der Waals surface area contributed by atoms with E-state index in [4.69, 9.17) is 10.5 Å². The second kappa shape index (κ2) is 9.62. The van der Waals surface area contributed by atoms with Crippen molar-refractivity contribution < 1.29 is 18.3 Å². The highest BCUT2D eigenvalue weighted by Gasteiger charge is 2.18. The number of nitrogens with two attached hydrogens (primary N) is 1. The quantitative estimate of drug-likeness (QED) is 0.479. The SMILES string of the molecule is C=C/C(C)=C(\C=C(/C)C(N)=O)n1c(C)nc(OCc2ccc(F)cc2F)c(Br)c1=O. The molecule has 158 valence electrons. The number of primary amides is 1. The van der Waals surface area contributed by atoms with E-state index in [1.54, 1.807) is 13.8 Å². The number of aromatic nitrogens is 2. The number of amides is 1. The maximum atomic E-state index is 13.8. The Morgan fingerprint density at radius 1 is 1.37 bits per heavy atom. The van der Waals surface area contributed by atoms with Crippen LogP contribution in [0.4, 0.5) is 8.78 Å². The Morgan fingerprint density at radius 2 is 2.03 bits per heavy atom. The average Bonchev–Trinajstić information content (AvgIpc) is 2.69. The molecule has 6 nitrogen and oxygen atoms in total. The van der Waals surface area contributed by atoms with Crippen molar-refractivity contribution in [1.82, 2.24) is 9.55 Å². The smallest absolute Gasteiger partial charge is 0.276 e. The van der Waals surface area contributed by atoms with Crippen molar-refractivity contribution in [2.75, 3.05) is 0 Å². The van der Waals surface area contributed by atoms with Crippen molar-refractivity contribution in [3.63, 3.8) is 0 Å². The van der Waals surface area contributed by atoms with Crippen LogP contribution in [0.15, 0.2) is 57.3 Å². The van der Waals surface area contributed by atoms with Gasteiger partial charge in [0.2, 0.25) is 11.8 Å². The Morgan fingerprint density at radius 3 is 2.60 bits per heavy atom. The van der Waals surface area contributed by atoms with E-state index in [1.165, 1.54) is 29.7 Å². The predicted molar refractivity (Wildman–Crippen MR) is 114 cm³/mol. The van der Waals surface area contributed by atoms with E-state index in [0.29, 0.717) is 11.3 Å². The third kappa shape index (κ3) is 5.10. The van der Waals surface area contributed by atoms with Gasteiger partial charge in [0, 0.05) is 17.2 Å². The first-order chi connectivity index (χ1) is 14.1. The van der Waals surface area contributed by atoms with E-state index in [2.05, 4.69) is 27.5 Å². The Hall–Kier alpha value is -3.07. The summed E-state index contributed by atoms with van der Waals surface area (Å²) in [4.78, 5) is 28.7. The van der Waals surface area contributed by atoms with Crippen LogP contribution in [-0.2, 0) is 11.4 Å². The lowest BCUT2D eigenvalue weighted by Gasteiger charge is -2.16. The minimum atomic E-state index is -0.768. The molecule has 2 N–H and O–H groups in total. The molecule has 0 saturated carbocycles. The van der Waals surface area contributed by atoms with Crippen LogP contribution >= 0.6 is 15.9 Å². The molecule has 1 amide bonds. The molecule has 0 spiro atoms. The topological polar surface area (TPSA) is 87.2 Å². The molecule has 9 heteroatoms. The third-order valence-electron chi connectivity index (χ3n) is 4.24. The Bertz CT molecular complexity index is 1140. The summed E-state index contributed by atoms with van der Waals surface area (Å²) in [6.07, 6.45) is 3.00. The maximum absolute atomic E-state index is 13.8. The molecule has 1 aromatic carbocycles. The van der Waals surface area contributed by atoms with Crippen molar-refractivity contribution in [3.05, 3.63) is 85.9 Å². The minimum absolute atomic E-state index is 0.00453. The van der Waals surface area contributed by atoms with E-state index in [1.807, 2.05) is 0 Å². The molecule has 0 atom stereocenters. The van der Waals surface area contributed by atoms with Gasteiger partial charge in [0.05, 0.1) is 5.70 Å². The van der Waals surface area contributed by atoms with Gasteiger partial charge in [-0.2, -0.15) is 4.98 Å². The fourth-order valence-electron chi connectivity index (χ4n) is 2.48. The van der Waals surface area contributed by atoms with Gasteiger partial charge in [-0.25, -0.2) is 8.78 Å². The number of aryl methyl sites for hydroxylation is 1. The monoisotopic (exact) mass is 479 g/mol. The first-order valence-corrected chi connectivity index (χ1v) is 9.53. The molecule has 0 saturated heterocycles. The fraction of sp³-hybridized carbons (Fsp3) is 0.190. The zero-order chi connectivity index (χ0) is 22.6. The lowest BCUT2D eigenvalue weighted by Crippen LogP contribution is -2.25. The molecule has 0 aliphatic rings. The standard InChI is InChI=1S/C21H20BrF2N3O3/c1-5-11(2)17(8-12(3)19(25)28)27-13(4)26-20(18(22)21(27)29)30-10-14-6-7-15(23)9-16(14)24/h5-9H,1,10H2,2-4H3,(H2,25,28)/b12-8+,17-11+. The zero-order valence-corrected chi connectivity index (χ0v) is 18.2. The van der Waals surface area contributed by atoms with Crippen LogP contribution in [0.25, 0.3) is 5.70 Å². The first kappa shape index (κ1) is 23.2. The summed E-state index contributed by atoms with van der Waals surface area (Å²) >= 11 is 3.17. The number of carbonyl (C=O) groups is 1. The van der Waals surface area contributed by atoms with Crippen LogP contribution in [0.5, 0.6) is 5.88 Å². The number of hydrogen-bond donors (Lipinski definition) is 1. The van der Waals surface area contributed by atoms with Gasteiger partial charge in [0.1, 0.15) is 28.5 Å². The van der Waals surface area contributed by atoms with Crippen LogP contribution in [0.3, 0.4) is 0 Å². The summed E-state index contributed by atoms with van der Waals surface area (Å²) in [5.41, 5.74) is 6.12. The van der Waals surface area contributed by atoms with Gasteiger partial charge in [0.25, 0.3) is 5.56 Å². The number of carbonyl (C=O) groups excluding carboxylic acids is 1. The molecular formula is C21H20BrF2N3O3. The van der Waals surface area contributed by atoms with Gasteiger partial charge in [0.15, 0.2) is 0 Å². The van der Waals surface area contributed by atoms with E-state index >= 15 is 0 Å². The molecular weight excluding hydrogens is 460 g/mol. The molecule has 0 unspecified atom stereocenters. The predicted octanol–water partition coefficient (Wildman–Crippen LogP) is 4.02. The van der Waals surface area contributed by atoms with Crippen LogP contribution in [0.1, 0.15) is 25.2 Å². The number of hydrogen-bond acceptors (Lipinski definition) is 4. The Labute approximate surface area is 180 Å². The molecule has 0 fully saturated rings. The van der Waals surface area contributed by atoms with Crippen LogP contribution < -0.4 is 16.0 Å². The summed E-state index contributed by atoms with van der Waals surface area (Å²) in [5, 5.41) is 0. The lowest BCUT2D eigenvalue weighted by atomic mass is 10.1. The molecule has 30 heavy (non-hydrogen) atoms. The second-order valence-electron chi connectivity index (χ2n) is 6.41. The first-order valence-electron chi connectivity index (χ1n) is 8.74. The normalized spacial score (nSPS) is 12.4. The number of ether oxygens (including phenoxy) is 1. The summed E-state index contributed by atoms with van der Waals surface area (Å²) in [6.45, 7) is 8.26. The zero-order valence-electron chi connectivity index (χ0n) is 16.6. The summed E-state index contributed by atoms with van der Waals surface area (Å²) < 4.78 is 33.6. The van der Waals surface area contributed by atoms with Gasteiger partial charge in [-0.3, -0.25) is 14.2 Å². The highest BCUT2D eigenvalue weighted by atomic mass is 79.9. The Balaban J connectivity index is 2.51. The molecule has 0 bridgehead atoms. The molecule has 0 radical (unpaired) electrons. The van der Waals surface area contributed by atoms with E-state index < -0.39 is 23.1 Å². The molecule has 0 aliphatic heterocycles. The van der Waals surface area contributed by atoms with Crippen LogP contribution in [0.2, 0.25) is 0 Å². The highest BCUT2D eigenvalue weighted by molar-refractivity contribution is 9.10. The molecule has 1 heterocycles. The van der Waals surface area contributed by atoms with Crippen molar-refractivity contribution >= 4 is 27.5 Å². The molecule has 1 aromatic heterocycles. The van der Waals surface area contributed by atoms with Crippen molar-refractivity contribution in [2.45, 2.75) is 27.4 Å². The summed E-state index contributed by atoms with van der Waals surface area (Å²) in [6, 6.07) is 3.10. The number of allylic oxidation sites excluding steroid dienone is 4.